The molecular formula is C14H20FNO. The number of hydrogen-bond acceptors (Lipinski definition) is 2. The Hall–Kier alpha value is -0.930. The molecule has 1 heterocycles. The number of benzene rings is 1. The molecule has 1 fully saturated rings. The Balaban J connectivity index is 2.17. The Morgan fingerprint density at radius 2 is 2.18 bits per heavy atom. The van der Waals surface area contributed by atoms with E-state index in [-0.39, 0.29) is 17.5 Å². The molecule has 3 heteroatoms. The molecule has 0 spiro atoms. The van der Waals surface area contributed by atoms with Gasteiger partial charge in [-0.25, -0.2) is 4.39 Å². The molecule has 1 aliphatic heterocycles. The van der Waals surface area contributed by atoms with E-state index < -0.39 is 0 Å². The third-order valence-corrected chi connectivity index (χ3v) is 3.68. The minimum absolute atomic E-state index is 0.0423. The molecule has 0 aromatic heterocycles. The summed E-state index contributed by atoms with van der Waals surface area (Å²) in [7, 11) is 0. The van der Waals surface area contributed by atoms with Crippen molar-refractivity contribution < 1.29 is 9.13 Å². The SMILES string of the molecule is CCC1(CC)CNCC(c2cccc(F)c2)O1. The lowest BCUT2D eigenvalue weighted by atomic mass is 9.93. The Labute approximate surface area is 102 Å². The largest absolute Gasteiger partial charge is 0.364 e. The van der Waals surface area contributed by atoms with Gasteiger partial charge in [-0.2, -0.15) is 0 Å². The van der Waals surface area contributed by atoms with Gasteiger partial charge < -0.3 is 10.1 Å². The van der Waals surface area contributed by atoms with E-state index in [0.717, 1.165) is 31.5 Å². The second-order valence-electron chi connectivity index (χ2n) is 4.68. The van der Waals surface area contributed by atoms with Gasteiger partial charge in [0.15, 0.2) is 0 Å². The zero-order chi connectivity index (χ0) is 12.3. The molecule has 0 bridgehead atoms. The predicted octanol–water partition coefficient (Wildman–Crippen LogP) is 3.05. The Morgan fingerprint density at radius 1 is 1.41 bits per heavy atom. The molecule has 1 atom stereocenters. The summed E-state index contributed by atoms with van der Waals surface area (Å²) in [5.41, 5.74) is 0.818. The van der Waals surface area contributed by atoms with Crippen LogP contribution in [0.4, 0.5) is 4.39 Å². The van der Waals surface area contributed by atoms with Gasteiger partial charge in [0, 0.05) is 13.1 Å². The summed E-state index contributed by atoms with van der Waals surface area (Å²) in [6, 6.07) is 6.69. The van der Waals surface area contributed by atoms with E-state index in [9.17, 15) is 4.39 Å². The summed E-state index contributed by atoms with van der Waals surface area (Å²) >= 11 is 0. The first kappa shape index (κ1) is 12.5. The third-order valence-electron chi connectivity index (χ3n) is 3.68. The maximum Gasteiger partial charge on any atom is 0.123 e. The topological polar surface area (TPSA) is 21.3 Å². The molecule has 1 aromatic carbocycles. The van der Waals surface area contributed by atoms with Crippen molar-refractivity contribution in [3.63, 3.8) is 0 Å². The summed E-state index contributed by atoms with van der Waals surface area (Å²) in [6.07, 6.45) is 1.91. The molecular weight excluding hydrogens is 217 g/mol. The van der Waals surface area contributed by atoms with E-state index in [2.05, 4.69) is 19.2 Å². The third kappa shape index (κ3) is 2.67. The normalized spacial score (nSPS) is 23.6. The number of morpholine rings is 1. The van der Waals surface area contributed by atoms with E-state index in [1.807, 2.05) is 6.07 Å². The van der Waals surface area contributed by atoms with Crippen molar-refractivity contribution in [3.8, 4) is 0 Å². The van der Waals surface area contributed by atoms with Crippen LogP contribution in [0.25, 0.3) is 0 Å². The summed E-state index contributed by atoms with van der Waals surface area (Å²) < 4.78 is 19.4. The highest BCUT2D eigenvalue weighted by molar-refractivity contribution is 5.20. The number of ether oxygens (including phenoxy) is 1. The van der Waals surface area contributed by atoms with E-state index in [0.29, 0.717) is 0 Å². The fourth-order valence-electron chi connectivity index (χ4n) is 2.38. The van der Waals surface area contributed by atoms with Crippen LogP contribution < -0.4 is 5.32 Å². The van der Waals surface area contributed by atoms with Crippen LogP contribution in [-0.4, -0.2) is 18.7 Å². The van der Waals surface area contributed by atoms with Crippen molar-refractivity contribution >= 4 is 0 Å². The van der Waals surface area contributed by atoms with E-state index in [4.69, 9.17) is 4.74 Å². The molecule has 0 amide bonds. The summed E-state index contributed by atoms with van der Waals surface area (Å²) in [6.45, 7) is 5.91. The van der Waals surface area contributed by atoms with Gasteiger partial charge in [0.2, 0.25) is 0 Å². The van der Waals surface area contributed by atoms with Crippen molar-refractivity contribution in [1.82, 2.24) is 5.32 Å². The smallest absolute Gasteiger partial charge is 0.123 e. The van der Waals surface area contributed by atoms with Gasteiger partial charge in [-0.3, -0.25) is 0 Å². The van der Waals surface area contributed by atoms with E-state index in [1.165, 1.54) is 6.07 Å². The van der Waals surface area contributed by atoms with Crippen molar-refractivity contribution in [2.45, 2.75) is 38.4 Å². The van der Waals surface area contributed by atoms with E-state index in [1.54, 1.807) is 12.1 Å². The molecule has 1 N–H and O–H groups in total. The van der Waals surface area contributed by atoms with Gasteiger partial charge in [0.05, 0.1) is 11.7 Å². The fourth-order valence-corrected chi connectivity index (χ4v) is 2.38. The summed E-state index contributed by atoms with van der Waals surface area (Å²) in [4.78, 5) is 0. The van der Waals surface area contributed by atoms with Crippen LogP contribution in [0.5, 0.6) is 0 Å². The van der Waals surface area contributed by atoms with Crippen LogP contribution in [0.2, 0.25) is 0 Å². The highest BCUT2D eigenvalue weighted by Crippen LogP contribution is 2.31. The number of hydrogen-bond donors (Lipinski definition) is 1. The second-order valence-corrected chi connectivity index (χ2v) is 4.68. The van der Waals surface area contributed by atoms with Crippen LogP contribution in [0.3, 0.4) is 0 Å². The quantitative estimate of drug-likeness (QED) is 0.872. The minimum atomic E-state index is -0.199. The van der Waals surface area contributed by atoms with Crippen LogP contribution in [0.1, 0.15) is 38.4 Å². The van der Waals surface area contributed by atoms with Crippen LogP contribution in [0, 0.1) is 5.82 Å². The maximum absolute atomic E-state index is 13.2. The zero-order valence-electron chi connectivity index (χ0n) is 10.5. The highest BCUT2D eigenvalue weighted by Gasteiger charge is 2.34. The Bertz CT molecular complexity index is 376. The van der Waals surface area contributed by atoms with Crippen LogP contribution >= 0.6 is 0 Å². The summed E-state index contributed by atoms with van der Waals surface area (Å²) in [5.74, 6) is -0.199. The summed E-state index contributed by atoms with van der Waals surface area (Å²) in [5, 5.41) is 3.40. The molecule has 2 nitrogen and oxygen atoms in total. The number of nitrogens with one attached hydrogen (secondary N) is 1. The van der Waals surface area contributed by atoms with Crippen molar-refractivity contribution in [2.24, 2.45) is 0 Å². The van der Waals surface area contributed by atoms with Gasteiger partial charge in [-0.1, -0.05) is 26.0 Å². The molecule has 0 aliphatic carbocycles. The zero-order valence-corrected chi connectivity index (χ0v) is 10.5. The van der Waals surface area contributed by atoms with E-state index >= 15 is 0 Å². The molecule has 0 saturated carbocycles. The van der Waals surface area contributed by atoms with Gasteiger partial charge >= 0.3 is 0 Å². The number of rotatable bonds is 3. The van der Waals surface area contributed by atoms with Gasteiger partial charge in [-0.05, 0) is 30.5 Å². The Morgan fingerprint density at radius 3 is 2.82 bits per heavy atom. The average Bonchev–Trinajstić information content (AvgIpc) is 2.39. The van der Waals surface area contributed by atoms with Crippen molar-refractivity contribution in [1.29, 1.82) is 0 Å². The molecule has 17 heavy (non-hydrogen) atoms. The van der Waals surface area contributed by atoms with Gasteiger partial charge in [0.1, 0.15) is 5.82 Å². The molecule has 1 aromatic rings. The molecule has 0 radical (unpaired) electrons. The van der Waals surface area contributed by atoms with Crippen molar-refractivity contribution in [2.75, 3.05) is 13.1 Å². The molecule has 1 unspecified atom stereocenters. The maximum atomic E-state index is 13.2. The van der Waals surface area contributed by atoms with Gasteiger partial charge in [-0.15, -0.1) is 0 Å². The molecule has 1 aliphatic rings. The molecule has 94 valence electrons. The lowest BCUT2D eigenvalue weighted by Gasteiger charge is -2.41. The molecule has 1 saturated heterocycles. The van der Waals surface area contributed by atoms with Crippen molar-refractivity contribution in [3.05, 3.63) is 35.6 Å². The van der Waals surface area contributed by atoms with Crippen LogP contribution in [-0.2, 0) is 4.74 Å². The highest BCUT2D eigenvalue weighted by atomic mass is 19.1. The average molecular weight is 237 g/mol. The van der Waals surface area contributed by atoms with Gasteiger partial charge in [0.25, 0.3) is 0 Å². The monoisotopic (exact) mass is 237 g/mol. The number of halogens is 1. The standard InChI is InChI=1S/C14H20FNO/c1-3-14(4-2)10-16-9-13(17-14)11-6-5-7-12(15)8-11/h5-8,13,16H,3-4,9-10H2,1-2H3. The minimum Gasteiger partial charge on any atom is -0.364 e. The lowest BCUT2D eigenvalue weighted by molar-refractivity contribution is -0.122. The predicted molar refractivity (Wildman–Crippen MR) is 66.4 cm³/mol. The Kier molecular flexibility index (Phi) is 3.79. The first-order valence-electron chi connectivity index (χ1n) is 6.33. The van der Waals surface area contributed by atoms with Crippen LogP contribution in [0.15, 0.2) is 24.3 Å². The first-order chi connectivity index (χ1) is 8.19. The second kappa shape index (κ2) is 5.15. The lowest BCUT2D eigenvalue weighted by Crippen LogP contribution is -2.50. The first-order valence-corrected chi connectivity index (χ1v) is 6.33. The fraction of sp³-hybridized carbons (Fsp3) is 0.571. The molecule has 2 rings (SSSR count).